The Labute approximate surface area is 127 Å². The molecule has 0 aromatic heterocycles. The highest BCUT2D eigenvalue weighted by molar-refractivity contribution is 8.00. The molecule has 1 N–H and O–H groups in total. The van der Waals surface area contributed by atoms with E-state index in [4.69, 9.17) is 4.74 Å². The van der Waals surface area contributed by atoms with Crippen molar-refractivity contribution in [1.82, 2.24) is 5.32 Å². The number of benzene rings is 1. The van der Waals surface area contributed by atoms with Crippen LogP contribution < -0.4 is 10.1 Å². The molecule has 20 heavy (non-hydrogen) atoms. The van der Waals surface area contributed by atoms with Gasteiger partial charge in [-0.15, -0.1) is 0 Å². The number of fused-ring (bicyclic) bond motifs is 1. The molecule has 3 atom stereocenters. The average Bonchev–Trinajstić information content (AvgIpc) is 2.81. The maximum absolute atomic E-state index is 5.40. The van der Waals surface area contributed by atoms with E-state index in [9.17, 15) is 0 Å². The van der Waals surface area contributed by atoms with Gasteiger partial charge in [-0.2, -0.15) is 11.8 Å². The van der Waals surface area contributed by atoms with Crippen molar-refractivity contribution in [1.29, 1.82) is 0 Å². The van der Waals surface area contributed by atoms with Gasteiger partial charge in [-0.25, -0.2) is 0 Å². The van der Waals surface area contributed by atoms with Crippen molar-refractivity contribution in [2.45, 2.75) is 56.6 Å². The van der Waals surface area contributed by atoms with E-state index in [1.807, 2.05) is 0 Å². The zero-order chi connectivity index (χ0) is 14.5. The number of thioether (sulfide) groups is 1. The Bertz CT molecular complexity index is 435. The minimum absolute atomic E-state index is 0.471. The number of nitrogens with one attached hydrogen (secondary N) is 1. The van der Waals surface area contributed by atoms with Gasteiger partial charge in [0.2, 0.25) is 0 Å². The molecule has 0 amide bonds. The van der Waals surface area contributed by atoms with Crippen molar-refractivity contribution in [3.63, 3.8) is 0 Å². The van der Waals surface area contributed by atoms with Crippen LogP contribution in [0.5, 0.6) is 5.75 Å². The first-order valence-electron chi connectivity index (χ1n) is 7.75. The summed E-state index contributed by atoms with van der Waals surface area (Å²) in [6, 6.07) is 7.02. The van der Waals surface area contributed by atoms with Crippen LogP contribution in [0.2, 0.25) is 0 Å². The SMILES string of the molecule is CCCNC1c2cc(OC)ccc2CC1SC(C)CC. The Hall–Kier alpha value is -0.670. The molecule has 0 radical (unpaired) electrons. The summed E-state index contributed by atoms with van der Waals surface area (Å²) >= 11 is 2.13. The van der Waals surface area contributed by atoms with Gasteiger partial charge in [0.25, 0.3) is 0 Å². The van der Waals surface area contributed by atoms with E-state index in [-0.39, 0.29) is 0 Å². The third-order valence-corrected chi connectivity index (χ3v) is 5.66. The number of methoxy groups -OCH3 is 1. The van der Waals surface area contributed by atoms with Crippen molar-refractivity contribution in [3.05, 3.63) is 29.3 Å². The topological polar surface area (TPSA) is 21.3 Å². The van der Waals surface area contributed by atoms with Crippen molar-refractivity contribution in [2.24, 2.45) is 0 Å². The summed E-state index contributed by atoms with van der Waals surface area (Å²) in [5.41, 5.74) is 2.93. The van der Waals surface area contributed by atoms with Crippen molar-refractivity contribution >= 4 is 11.8 Å². The van der Waals surface area contributed by atoms with E-state index in [2.05, 4.69) is 56.0 Å². The Kier molecular flexibility index (Phi) is 5.79. The summed E-state index contributed by atoms with van der Waals surface area (Å²) in [5.74, 6) is 0.973. The van der Waals surface area contributed by atoms with E-state index in [0.29, 0.717) is 11.3 Å². The molecular weight excluding hydrogens is 266 g/mol. The van der Waals surface area contributed by atoms with E-state index < -0.39 is 0 Å². The minimum atomic E-state index is 0.471. The molecule has 3 unspecified atom stereocenters. The molecule has 0 spiro atoms. The predicted octanol–water partition coefficient (Wildman–Crippen LogP) is 4.19. The molecule has 0 fully saturated rings. The molecule has 1 aliphatic carbocycles. The van der Waals surface area contributed by atoms with Gasteiger partial charge in [0.1, 0.15) is 5.75 Å². The van der Waals surface area contributed by atoms with Gasteiger partial charge in [-0.05, 0) is 49.1 Å². The van der Waals surface area contributed by atoms with Crippen molar-refractivity contribution in [2.75, 3.05) is 13.7 Å². The molecule has 0 bridgehead atoms. The highest BCUT2D eigenvalue weighted by Crippen LogP contribution is 2.41. The maximum Gasteiger partial charge on any atom is 0.119 e. The van der Waals surface area contributed by atoms with Gasteiger partial charge in [-0.1, -0.05) is 26.8 Å². The van der Waals surface area contributed by atoms with E-state index >= 15 is 0 Å². The summed E-state index contributed by atoms with van der Waals surface area (Å²) in [4.78, 5) is 0. The molecular formula is C17H27NOS. The second-order valence-electron chi connectivity index (χ2n) is 5.59. The largest absolute Gasteiger partial charge is 0.497 e. The van der Waals surface area contributed by atoms with Gasteiger partial charge < -0.3 is 10.1 Å². The third-order valence-electron chi connectivity index (χ3n) is 4.08. The molecule has 2 rings (SSSR count). The van der Waals surface area contributed by atoms with Gasteiger partial charge in [-0.3, -0.25) is 0 Å². The molecule has 1 aromatic rings. The van der Waals surface area contributed by atoms with Crippen LogP contribution in [0.1, 0.15) is 50.8 Å². The van der Waals surface area contributed by atoms with E-state index in [0.717, 1.165) is 17.5 Å². The molecule has 2 nitrogen and oxygen atoms in total. The van der Waals surface area contributed by atoms with Gasteiger partial charge in [0, 0.05) is 16.5 Å². The predicted molar refractivity (Wildman–Crippen MR) is 88.9 cm³/mol. The van der Waals surface area contributed by atoms with Crippen LogP contribution in [0, 0.1) is 0 Å². The van der Waals surface area contributed by atoms with Crippen LogP contribution in [-0.4, -0.2) is 24.2 Å². The Morgan fingerprint density at radius 1 is 1.40 bits per heavy atom. The molecule has 1 aliphatic rings. The molecule has 0 aliphatic heterocycles. The van der Waals surface area contributed by atoms with Crippen LogP contribution in [0.25, 0.3) is 0 Å². The third kappa shape index (κ3) is 3.50. The second kappa shape index (κ2) is 7.37. The van der Waals surface area contributed by atoms with Crippen LogP contribution in [0.3, 0.4) is 0 Å². The van der Waals surface area contributed by atoms with E-state index in [1.54, 1.807) is 7.11 Å². The first-order chi connectivity index (χ1) is 9.69. The second-order valence-corrected chi connectivity index (χ2v) is 7.28. The average molecular weight is 293 g/mol. The van der Waals surface area contributed by atoms with Crippen LogP contribution in [0.4, 0.5) is 0 Å². The summed E-state index contributed by atoms with van der Waals surface area (Å²) in [5, 5.41) is 5.12. The Morgan fingerprint density at radius 3 is 2.85 bits per heavy atom. The lowest BCUT2D eigenvalue weighted by Crippen LogP contribution is -2.28. The molecule has 112 valence electrons. The van der Waals surface area contributed by atoms with E-state index in [1.165, 1.54) is 30.4 Å². The Balaban J connectivity index is 2.19. The van der Waals surface area contributed by atoms with Crippen molar-refractivity contribution < 1.29 is 4.74 Å². The summed E-state index contributed by atoms with van der Waals surface area (Å²) < 4.78 is 5.40. The monoisotopic (exact) mass is 293 g/mol. The number of hydrogen-bond donors (Lipinski definition) is 1. The fraction of sp³-hybridized carbons (Fsp3) is 0.647. The first kappa shape index (κ1) is 15.7. The number of rotatable bonds is 7. The zero-order valence-electron chi connectivity index (χ0n) is 13.1. The zero-order valence-corrected chi connectivity index (χ0v) is 13.9. The first-order valence-corrected chi connectivity index (χ1v) is 8.69. The fourth-order valence-corrected chi connectivity index (χ4v) is 4.24. The molecule has 0 saturated heterocycles. The van der Waals surface area contributed by atoms with Gasteiger partial charge >= 0.3 is 0 Å². The molecule has 1 aromatic carbocycles. The quantitative estimate of drug-likeness (QED) is 0.814. The summed E-state index contributed by atoms with van der Waals surface area (Å²) in [7, 11) is 1.75. The molecule has 3 heteroatoms. The molecule has 0 saturated carbocycles. The highest BCUT2D eigenvalue weighted by Gasteiger charge is 2.33. The number of hydrogen-bond acceptors (Lipinski definition) is 3. The Morgan fingerprint density at radius 2 is 2.20 bits per heavy atom. The lowest BCUT2D eigenvalue weighted by atomic mass is 10.1. The lowest BCUT2D eigenvalue weighted by molar-refractivity contribution is 0.413. The highest BCUT2D eigenvalue weighted by atomic mass is 32.2. The summed E-state index contributed by atoms with van der Waals surface area (Å²) in [6.07, 6.45) is 3.59. The fourth-order valence-electron chi connectivity index (χ4n) is 2.77. The van der Waals surface area contributed by atoms with Gasteiger partial charge in [0.05, 0.1) is 7.11 Å². The smallest absolute Gasteiger partial charge is 0.119 e. The minimum Gasteiger partial charge on any atom is -0.497 e. The van der Waals surface area contributed by atoms with Crippen LogP contribution >= 0.6 is 11.8 Å². The normalized spacial score (nSPS) is 22.6. The van der Waals surface area contributed by atoms with Gasteiger partial charge in [0.15, 0.2) is 0 Å². The van der Waals surface area contributed by atoms with Crippen LogP contribution in [0.15, 0.2) is 18.2 Å². The van der Waals surface area contributed by atoms with Crippen molar-refractivity contribution in [3.8, 4) is 5.75 Å². The maximum atomic E-state index is 5.40. The van der Waals surface area contributed by atoms with Crippen LogP contribution in [-0.2, 0) is 6.42 Å². The standard InChI is InChI=1S/C17H27NOS/c1-5-9-18-17-15-11-14(19-4)8-7-13(15)10-16(17)20-12(3)6-2/h7-8,11-12,16-18H,5-6,9-10H2,1-4H3. The lowest BCUT2D eigenvalue weighted by Gasteiger charge is -2.24. The summed E-state index contributed by atoms with van der Waals surface area (Å²) in [6.45, 7) is 7.92. The number of ether oxygens (including phenoxy) is 1. The molecule has 0 heterocycles.